The lowest BCUT2D eigenvalue weighted by molar-refractivity contribution is 0.173. The van der Waals surface area contributed by atoms with Crippen molar-refractivity contribution in [1.82, 2.24) is 19.8 Å². The molecular weight excluding hydrogens is 498 g/mol. The van der Waals surface area contributed by atoms with Gasteiger partial charge in [-0.25, -0.2) is 0 Å². The minimum atomic E-state index is 0.229. The Labute approximate surface area is 240 Å². The first-order valence-electron chi connectivity index (χ1n) is 15.4. The van der Waals surface area contributed by atoms with E-state index in [-0.39, 0.29) is 6.04 Å². The molecule has 2 unspecified atom stereocenters. The number of nitriles is 1. The maximum absolute atomic E-state index is 9.63. The lowest BCUT2D eigenvalue weighted by Gasteiger charge is -2.42. The molecular formula is C32H47N7O. The number of likely N-dealkylation sites (N-methyl/N-ethyl adjacent to an activating group) is 1. The van der Waals surface area contributed by atoms with Crippen molar-refractivity contribution in [3.8, 4) is 12.1 Å². The number of benzene rings is 1. The average Bonchev–Trinajstić information content (AvgIpc) is 3.38. The summed E-state index contributed by atoms with van der Waals surface area (Å²) in [5, 5.41) is 9.63. The van der Waals surface area contributed by atoms with Crippen LogP contribution in [0.15, 0.2) is 18.2 Å². The SMILES string of the molecule is CCCCCN1CCN(c2nc(OCC3CCCN3C)nc3c2CCN(c2cccc(C)c2C)C3)CC1CC#N. The molecule has 1 aromatic carbocycles. The number of aromatic nitrogens is 2. The van der Waals surface area contributed by atoms with Gasteiger partial charge in [0.2, 0.25) is 0 Å². The Kier molecular flexibility index (Phi) is 9.44. The maximum atomic E-state index is 9.63. The van der Waals surface area contributed by atoms with Gasteiger partial charge in [0.25, 0.3) is 0 Å². The van der Waals surface area contributed by atoms with E-state index in [2.05, 4.69) is 71.7 Å². The molecule has 2 atom stereocenters. The molecule has 0 N–H and O–H groups in total. The summed E-state index contributed by atoms with van der Waals surface area (Å²) in [6.45, 7) is 13.9. The second kappa shape index (κ2) is 13.2. The third-order valence-corrected chi connectivity index (χ3v) is 9.30. The largest absolute Gasteiger partial charge is 0.462 e. The van der Waals surface area contributed by atoms with Gasteiger partial charge in [0.15, 0.2) is 0 Å². The van der Waals surface area contributed by atoms with Crippen LogP contribution in [0.5, 0.6) is 6.01 Å². The third kappa shape index (κ3) is 6.37. The molecule has 3 aliphatic rings. The number of anilines is 2. The minimum absolute atomic E-state index is 0.229. The van der Waals surface area contributed by atoms with Crippen molar-refractivity contribution >= 4 is 11.5 Å². The van der Waals surface area contributed by atoms with Crippen LogP contribution in [0, 0.1) is 25.2 Å². The zero-order valence-corrected chi connectivity index (χ0v) is 25.0. The van der Waals surface area contributed by atoms with Gasteiger partial charge in [0.05, 0.1) is 24.7 Å². The zero-order chi connectivity index (χ0) is 28.1. The van der Waals surface area contributed by atoms with Gasteiger partial charge in [-0.05, 0) is 76.9 Å². The van der Waals surface area contributed by atoms with Crippen LogP contribution in [-0.2, 0) is 13.0 Å². The Balaban J connectivity index is 1.41. The van der Waals surface area contributed by atoms with Gasteiger partial charge in [0.1, 0.15) is 12.4 Å². The second-order valence-corrected chi connectivity index (χ2v) is 11.9. The molecule has 0 saturated carbocycles. The lowest BCUT2D eigenvalue weighted by Crippen LogP contribution is -2.54. The number of ether oxygens (including phenoxy) is 1. The van der Waals surface area contributed by atoms with Gasteiger partial charge >= 0.3 is 6.01 Å². The first kappa shape index (κ1) is 28.6. The number of rotatable bonds is 10. The number of nitrogens with zero attached hydrogens (tertiary/aromatic N) is 7. The summed E-state index contributed by atoms with van der Waals surface area (Å²) in [4.78, 5) is 19.9. The van der Waals surface area contributed by atoms with Gasteiger partial charge in [-0.2, -0.15) is 15.2 Å². The van der Waals surface area contributed by atoms with Gasteiger partial charge in [0, 0.05) is 49.5 Å². The fraction of sp³-hybridized carbons (Fsp3) is 0.656. The van der Waals surface area contributed by atoms with E-state index in [4.69, 9.17) is 14.7 Å². The fourth-order valence-corrected chi connectivity index (χ4v) is 6.60. The summed E-state index contributed by atoms with van der Waals surface area (Å²) in [6.07, 6.45) is 7.49. The van der Waals surface area contributed by atoms with Crippen molar-refractivity contribution in [1.29, 1.82) is 5.26 Å². The van der Waals surface area contributed by atoms with Crippen LogP contribution in [0.4, 0.5) is 11.5 Å². The van der Waals surface area contributed by atoms with Crippen molar-refractivity contribution in [3.05, 3.63) is 40.6 Å². The highest BCUT2D eigenvalue weighted by Crippen LogP contribution is 2.34. The van der Waals surface area contributed by atoms with Crippen LogP contribution < -0.4 is 14.5 Å². The predicted octanol–water partition coefficient (Wildman–Crippen LogP) is 4.72. The van der Waals surface area contributed by atoms with E-state index in [1.54, 1.807) is 0 Å². The molecule has 216 valence electrons. The highest BCUT2D eigenvalue weighted by Gasteiger charge is 2.32. The van der Waals surface area contributed by atoms with E-state index < -0.39 is 0 Å². The van der Waals surface area contributed by atoms with E-state index in [1.807, 2.05) is 0 Å². The summed E-state index contributed by atoms with van der Waals surface area (Å²) in [5.74, 6) is 1.02. The number of fused-ring (bicyclic) bond motifs is 1. The topological polar surface area (TPSA) is 71.8 Å². The second-order valence-electron chi connectivity index (χ2n) is 11.9. The Morgan fingerprint density at radius 3 is 2.70 bits per heavy atom. The zero-order valence-electron chi connectivity index (χ0n) is 25.0. The highest BCUT2D eigenvalue weighted by molar-refractivity contribution is 5.60. The van der Waals surface area contributed by atoms with Crippen molar-refractivity contribution < 1.29 is 4.74 Å². The normalized spacial score (nSPS) is 21.9. The number of hydrogen-bond donors (Lipinski definition) is 0. The highest BCUT2D eigenvalue weighted by atomic mass is 16.5. The molecule has 2 saturated heterocycles. The Hall–Kier alpha value is -2.89. The lowest BCUT2D eigenvalue weighted by atomic mass is 10.0. The van der Waals surface area contributed by atoms with Crippen LogP contribution in [0.25, 0.3) is 0 Å². The number of piperazine rings is 1. The smallest absolute Gasteiger partial charge is 0.318 e. The van der Waals surface area contributed by atoms with Gasteiger partial charge in [-0.15, -0.1) is 0 Å². The predicted molar refractivity (Wildman–Crippen MR) is 161 cm³/mol. The monoisotopic (exact) mass is 545 g/mol. The van der Waals surface area contributed by atoms with Crippen LogP contribution in [0.3, 0.4) is 0 Å². The van der Waals surface area contributed by atoms with E-state index >= 15 is 0 Å². The van der Waals surface area contributed by atoms with E-state index in [0.29, 0.717) is 25.1 Å². The average molecular weight is 546 g/mol. The molecule has 40 heavy (non-hydrogen) atoms. The molecule has 0 spiro atoms. The van der Waals surface area contributed by atoms with Gasteiger partial charge < -0.3 is 19.4 Å². The molecule has 4 heterocycles. The molecule has 2 aromatic rings. The summed E-state index contributed by atoms with van der Waals surface area (Å²) < 4.78 is 6.33. The van der Waals surface area contributed by atoms with Crippen LogP contribution >= 0.6 is 0 Å². The van der Waals surface area contributed by atoms with Crippen molar-refractivity contribution in [2.75, 3.05) is 62.7 Å². The molecule has 8 nitrogen and oxygen atoms in total. The summed E-state index contributed by atoms with van der Waals surface area (Å²) in [6, 6.07) is 10.2. The fourth-order valence-electron chi connectivity index (χ4n) is 6.60. The Morgan fingerprint density at radius 2 is 1.93 bits per heavy atom. The number of hydrogen-bond acceptors (Lipinski definition) is 8. The minimum Gasteiger partial charge on any atom is -0.462 e. The number of likely N-dealkylation sites (tertiary alicyclic amines) is 1. The molecule has 3 aliphatic heterocycles. The molecule has 0 bridgehead atoms. The standard InChI is InChI=1S/C32H47N7O/c1-5-6-7-17-37-19-20-39(21-26(37)13-15-33)31-28-14-18-38(30-12-8-10-24(2)25(30)3)22-29(28)34-32(35-31)40-23-27-11-9-16-36(27)4/h8,10,12,26-27H,5-7,9,11,13-14,16-23H2,1-4H3. The van der Waals surface area contributed by atoms with Gasteiger partial charge in [-0.1, -0.05) is 31.9 Å². The number of unbranched alkanes of at least 4 members (excludes halogenated alkanes) is 2. The molecule has 1 aromatic heterocycles. The first-order valence-corrected chi connectivity index (χ1v) is 15.4. The quantitative estimate of drug-likeness (QED) is 0.397. The third-order valence-electron chi connectivity index (χ3n) is 9.30. The van der Waals surface area contributed by atoms with Crippen molar-refractivity contribution in [2.45, 2.75) is 84.3 Å². The van der Waals surface area contributed by atoms with Crippen LogP contribution in [0.2, 0.25) is 0 Å². The maximum Gasteiger partial charge on any atom is 0.318 e. The van der Waals surface area contributed by atoms with E-state index in [0.717, 1.165) is 70.2 Å². The van der Waals surface area contributed by atoms with E-state index in [1.165, 1.54) is 48.1 Å². The van der Waals surface area contributed by atoms with Crippen LogP contribution in [0.1, 0.15) is 67.8 Å². The summed E-state index contributed by atoms with van der Waals surface area (Å²) >= 11 is 0. The summed E-state index contributed by atoms with van der Waals surface area (Å²) in [5.41, 5.74) is 6.27. The molecule has 2 fully saturated rings. The summed E-state index contributed by atoms with van der Waals surface area (Å²) in [7, 11) is 2.18. The molecule has 0 radical (unpaired) electrons. The number of aryl methyl sites for hydroxylation is 1. The van der Waals surface area contributed by atoms with Crippen molar-refractivity contribution in [2.24, 2.45) is 0 Å². The van der Waals surface area contributed by atoms with E-state index in [9.17, 15) is 5.26 Å². The van der Waals surface area contributed by atoms with Crippen LogP contribution in [-0.4, -0.2) is 84.8 Å². The van der Waals surface area contributed by atoms with Gasteiger partial charge in [-0.3, -0.25) is 4.90 Å². The first-order chi connectivity index (χ1) is 19.5. The molecule has 0 amide bonds. The molecule has 8 heteroatoms. The van der Waals surface area contributed by atoms with Crippen molar-refractivity contribution in [3.63, 3.8) is 0 Å². The molecule has 0 aliphatic carbocycles. The Bertz CT molecular complexity index is 1190. The Morgan fingerprint density at radius 1 is 1.05 bits per heavy atom. The molecule has 5 rings (SSSR count).